The molecule has 1 saturated heterocycles. The number of esters is 3. The Labute approximate surface area is 242 Å². The molecule has 0 amide bonds. The molecule has 0 saturated carbocycles. The Balaban J connectivity index is 1.47. The van der Waals surface area contributed by atoms with Gasteiger partial charge in [-0.25, -0.2) is 19.6 Å². The molecule has 0 radical (unpaired) electrons. The van der Waals surface area contributed by atoms with Crippen molar-refractivity contribution >= 4 is 52.3 Å². The second-order valence-corrected chi connectivity index (χ2v) is 9.93. The van der Waals surface area contributed by atoms with Crippen molar-refractivity contribution in [2.45, 2.75) is 51.9 Å². The van der Waals surface area contributed by atoms with Gasteiger partial charge in [-0.1, -0.05) is 34.5 Å². The molecule has 214 valence electrons. The lowest BCUT2D eigenvalue weighted by molar-refractivity contribution is -0.166. The van der Waals surface area contributed by atoms with E-state index in [0.29, 0.717) is 39.1 Å². The zero-order valence-electron chi connectivity index (χ0n) is 21.9. The van der Waals surface area contributed by atoms with Gasteiger partial charge in [0, 0.05) is 20.8 Å². The number of carbonyl (C=O) groups is 3. The molecule has 1 fully saturated rings. The fourth-order valence-corrected chi connectivity index (χ4v) is 4.77. The van der Waals surface area contributed by atoms with Gasteiger partial charge in [-0.15, -0.1) is 5.10 Å². The van der Waals surface area contributed by atoms with Crippen molar-refractivity contribution in [2.75, 3.05) is 6.61 Å². The lowest BCUT2D eigenvalue weighted by Gasteiger charge is -2.23. The van der Waals surface area contributed by atoms with Crippen LogP contribution in [0.2, 0.25) is 10.0 Å². The molecule has 4 heterocycles. The molecule has 14 nitrogen and oxygen atoms in total. The van der Waals surface area contributed by atoms with Gasteiger partial charge < -0.3 is 18.9 Å². The molecule has 0 spiro atoms. The Bertz CT molecular complexity index is 1620. The summed E-state index contributed by atoms with van der Waals surface area (Å²) in [5.74, 6) is -1.82. The Hall–Kier alpha value is -4.14. The first kappa shape index (κ1) is 28.4. The lowest BCUT2D eigenvalue weighted by Crippen LogP contribution is -2.40. The summed E-state index contributed by atoms with van der Waals surface area (Å²) in [4.78, 5) is 48.5. The Morgan fingerprint density at radius 1 is 0.976 bits per heavy atom. The molecule has 1 aliphatic heterocycles. The van der Waals surface area contributed by atoms with Gasteiger partial charge in [0.15, 0.2) is 24.1 Å². The van der Waals surface area contributed by atoms with Gasteiger partial charge in [-0.2, -0.15) is 0 Å². The van der Waals surface area contributed by atoms with E-state index in [4.69, 9.17) is 42.1 Å². The van der Waals surface area contributed by atoms with E-state index in [1.807, 2.05) is 6.07 Å². The molecule has 4 aromatic rings. The van der Waals surface area contributed by atoms with E-state index in [1.54, 1.807) is 23.0 Å². The molecule has 41 heavy (non-hydrogen) atoms. The molecular weight excluding hydrogens is 581 g/mol. The molecule has 1 aliphatic rings. The van der Waals surface area contributed by atoms with Gasteiger partial charge in [-0.3, -0.25) is 19.0 Å². The van der Waals surface area contributed by atoms with Crippen LogP contribution in [0.3, 0.4) is 0 Å². The van der Waals surface area contributed by atoms with Crippen molar-refractivity contribution in [1.29, 1.82) is 0 Å². The normalized spacial score (nSPS) is 20.2. The fraction of sp³-hybridized carbons (Fsp3) is 0.360. The lowest BCUT2D eigenvalue weighted by atomic mass is 10.1. The summed E-state index contributed by atoms with van der Waals surface area (Å²) in [5.41, 5.74) is 2.38. The van der Waals surface area contributed by atoms with Gasteiger partial charge in [0.2, 0.25) is 0 Å². The van der Waals surface area contributed by atoms with E-state index in [2.05, 4.69) is 25.3 Å². The first-order valence-electron chi connectivity index (χ1n) is 12.3. The van der Waals surface area contributed by atoms with Crippen LogP contribution in [0.1, 0.15) is 32.6 Å². The predicted octanol–water partition coefficient (Wildman–Crippen LogP) is 2.76. The van der Waals surface area contributed by atoms with Crippen LogP contribution >= 0.6 is 23.2 Å². The number of ether oxygens (including phenoxy) is 4. The van der Waals surface area contributed by atoms with E-state index in [1.165, 1.54) is 38.0 Å². The second kappa shape index (κ2) is 11.8. The first-order valence-corrected chi connectivity index (χ1v) is 13.0. The largest absolute Gasteiger partial charge is 0.463 e. The average Bonchev–Trinajstić information content (AvgIpc) is 3.63. The fourth-order valence-electron chi connectivity index (χ4n) is 4.45. The Morgan fingerprint density at radius 3 is 2.44 bits per heavy atom. The van der Waals surface area contributed by atoms with Crippen molar-refractivity contribution in [3.63, 3.8) is 0 Å². The highest BCUT2D eigenvalue weighted by Gasteiger charge is 2.51. The number of nitrogens with zero attached hydrogens (tertiary/aromatic N) is 7. The number of hydrogen-bond acceptors (Lipinski definition) is 12. The molecule has 16 heteroatoms. The summed E-state index contributed by atoms with van der Waals surface area (Å²) in [6, 6.07) is 5.28. The molecule has 0 aliphatic carbocycles. The summed E-state index contributed by atoms with van der Waals surface area (Å²) in [7, 11) is 0. The SMILES string of the molecule is CC(=O)OC[C@H]1O[C@@H](n2cnc3c(-c4cn(Cc5ccc(Cl)c(Cl)c5)nn4)ncnc32)[C@H](OC(C)=O)[C@@H]1OC(C)=O. The highest BCUT2D eigenvalue weighted by atomic mass is 35.5. The van der Waals surface area contributed by atoms with Gasteiger partial charge in [0.25, 0.3) is 0 Å². The minimum Gasteiger partial charge on any atom is -0.463 e. The molecule has 0 bridgehead atoms. The van der Waals surface area contributed by atoms with Crippen LogP contribution in [0.15, 0.2) is 37.1 Å². The number of rotatable bonds is 8. The molecule has 3 aromatic heterocycles. The number of imidazole rings is 1. The first-order chi connectivity index (χ1) is 19.6. The van der Waals surface area contributed by atoms with Crippen molar-refractivity contribution < 1.29 is 33.3 Å². The third-order valence-electron chi connectivity index (χ3n) is 6.08. The van der Waals surface area contributed by atoms with Crippen LogP contribution in [0, 0.1) is 0 Å². The number of halogens is 2. The van der Waals surface area contributed by atoms with Gasteiger partial charge in [-0.05, 0) is 17.7 Å². The van der Waals surface area contributed by atoms with Gasteiger partial charge in [0.05, 0.1) is 29.1 Å². The standard InChI is InChI=1S/C25H23Cl2N7O7/c1-12(35)38-9-19-22(39-13(2)36)23(40-14(3)37)25(41-19)34-11-30-21-20(28-10-29-24(21)34)18-8-33(32-31-18)7-15-4-5-16(26)17(27)6-15/h4-6,8,10-11,19,22-23,25H,7,9H2,1-3H3/t19-,22-,23-,25-/m1/s1. The van der Waals surface area contributed by atoms with Crippen LogP contribution in [-0.4, -0.2) is 77.3 Å². The van der Waals surface area contributed by atoms with E-state index >= 15 is 0 Å². The highest BCUT2D eigenvalue weighted by molar-refractivity contribution is 6.42. The topological polar surface area (TPSA) is 162 Å². The van der Waals surface area contributed by atoms with Crippen molar-refractivity contribution in [3.8, 4) is 11.4 Å². The van der Waals surface area contributed by atoms with Crippen LogP contribution in [0.4, 0.5) is 0 Å². The van der Waals surface area contributed by atoms with Crippen LogP contribution < -0.4 is 0 Å². The van der Waals surface area contributed by atoms with Gasteiger partial charge in [0.1, 0.15) is 35.9 Å². The third kappa shape index (κ3) is 6.14. The van der Waals surface area contributed by atoms with Gasteiger partial charge >= 0.3 is 17.9 Å². The number of benzene rings is 1. The zero-order chi connectivity index (χ0) is 29.3. The maximum absolute atomic E-state index is 12.0. The number of aromatic nitrogens is 7. The van der Waals surface area contributed by atoms with E-state index in [9.17, 15) is 14.4 Å². The van der Waals surface area contributed by atoms with E-state index in [0.717, 1.165) is 5.56 Å². The zero-order valence-corrected chi connectivity index (χ0v) is 23.4. The molecular formula is C25H23Cl2N7O7. The summed E-state index contributed by atoms with van der Waals surface area (Å²) < 4.78 is 25.3. The van der Waals surface area contributed by atoms with Crippen LogP contribution in [-0.2, 0) is 39.9 Å². The summed E-state index contributed by atoms with van der Waals surface area (Å²) in [6.45, 7) is 3.81. The molecule has 4 atom stereocenters. The van der Waals surface area contributed by atoms with Crippen molar-refractivity contribution in [1.82, 2.24) is 34.5 Å². The van der Waals surface area contributed by atoms with Crippen LogP contribution in [0.25, 0.3) is 22.6 Å². The minimum atomic E-state index is -1.10. The third-order valence-corrected chi connectivity index (χ3v) is 6.82. The Morgan fingerprint density at radius 2 is 1.73 bits per heavy atom. The van der Waals surface area contributed by atoms with Crippen LogP contribution in [0.5, 0.6) is 0 Å². The number of fused-ring (bicyclic) bond motifs is 1. The highest BCUT2D eigenvalue weighted by Crippen LogP contribution is 2.36. The average molecular weight is 604 g/mol. The number of carbonyl (C=O) groups excluding carboxylic acids is 3. The second-order valence-electron chi connectivity index (χ2n) is 9.11. The Kier molecular flexibility index (Phi) is 8.15. The molecule has 0 unspecified atom stereocenters. The van der Waals surface area contributed by atoms with Crippen molar-refractivity contribution in [2.24, 2.45) is 0 Å². The summed E-state index contributed by atoms with van der Waals surface area (Å²) in [6.07, 6.45) is 0.329. The maximum atomic E-state index is 12.0. The summed E-state index contributed by atoms with van der Waals surface area (Å²) >= 11 is 12.1. The quantitative estimate of drug-likeness (QED) is 0.214. The maximum Gasteiger partial charge on any atom is 0.303 e. The molecule has 5 rings (SSSR count). The van der Waals surface area contributed by atoms with E-state index in [-0.39, 0.29) is 6.61 Å². The minimum absolute atomic E-state index is 0.240. The van der Waals surface area contributed by atoms with Crippen molar-refractivity contribution in [3.05, 3.63) is 52.7 Å². The smallest absolute Gasteiger partial charge is 0.303 e. The molecule has 1 aromatic carbocycles. The van der Waals surface area contributed by atoms with E-state index < -0.39 is 42.4 Å². The predicted molar refractivity (Wildman–Crippen MR) is 142 cm³/mol. The summed E-state index contributed by atoms with van der Waals surface area (Å²) in [5, 5.41) is 9.30. The number of hydrogen-bond donors (Lipinski definition) is 0. The molecule has 0 N–H and O–H groups in total. The monoisotopic (exact) mass is 603 g/mol.